The summed E-state index contributed by atoms with van der Waals surface area (Å²) in [4.78, 5) is 4.72. The van der Waals surface area contributed by atoms with Crippen molar-refractivity contribution in [2.24, 2.45) is 0 Å². The van der Waals surface area contributed by atoms with Crippen LogP contribution in [0.15, 0.2) is 114 Å². The van der Waals surface area contributed by atoms with Crippen molar-refractivity contribution in [3.63, 3.8) is 0 Å². The van der Waals surface area contributed by atoms with Crippen molar-refractivity contribution in [3.05, 3.63) is 119 Å². The minimum Gasteiger partial charge on any atom is -0.256 e. The van der Waals surface area contributed by atoms with Gasteiger partial charge in [-0.15, -0.1) is 12.4 Å². The fourth-order valence-corrected chi connectivity index (χ4v) is 7.90. The zero-order valence-corrected chi connectivity index (χ0v) is 18.6. The molecule has 0 radical (unpaired) electrons. The van der Waals surface area contributed by atoms with E-state index in [1.165, 1.54) is 15.9 Å². The van der Waals surface area contributed by atoms with Crippen LogP contribution in [-0.2, 0) is 6.16 Å². The highest BCUT2D eigenvalue weighted by atomic mass is 79.9. The van der Waals surface area contributed by atoms with E-state index in [-0.39, 0.29) is 12.4 Å². The Bertz CT molecular complexity index is 896. The van der Waals surface area contributed by atoms with E-state index in [0.29, 0.717) is 0 Å². The number of nitrogens with zero attached hydrogens (tertiary/aromatic N) is 1. The van der Waals surface area contributed by atoms with Crippen molar-refractivity contribution in [2.45, 2.75) is 6.16 Å². The Morgan fingerprint density at radius 3 is 1.39 bits per heavy atom. The summed E-state index contributed by atoms with van der Waals surface area (Å²) in [5.41, 5.74) is 1.11. The predicted octanol–water partition coefficient (Wildman–Crippen LogP) is 5.76. The van der Waals surface area contributed by atoms with E-state index in [9.17, 15) is 0 Å². The summed E-state index contributed by atoms with van der Waals surface area (Å²) in [5.74, 6) is 0. The van der Waals surface area contributed by atoms with Crippen molar-refractivity contribution in [2.75, 3.05) is 0 Å². The Hall–Kier alpha value is -1.99. The number of benzene rings is 3. The highest BCUT2D eigenvalue weighted by Crippen LogP contribution is 2.57. The topological polar surface area (TPSA) is 12.9 Å². The number of rotatable bonds is 5. The van der Waals surface area contributed by atoms with Crippen molar-refractivity contribution in [1.82, 2.24) is 4.98 Å². The van der Waals surface area contributed by atoms with Gasteiger partial charge < -0.3 is 0 Å². The van der Waals surface area contributed by atoms with Crippen LogP contribution in [0.4, 0.5) is 0 Å². The molecule has 28 heavy (non-hydrogen) atoms. The molecule has 1 heterocycles. The van der Waals surface area contributed by atoms with Crippen LogP contribution in [0.25, 0.3) is 0 Å². The zero-order valence-electron chi connectivity index (χ0n) is 15.3. The molecule has 0 aliphatic rings. The van der Waals surface area contributed by atoms with Crippen molar-refractivity contribution in [1.29, 1.82) is 0 Å². The molecule has 0 spiro atoms. The third-order valence-corrected chi connectivity index (χ3v) is 9.59. The fourth-order valence-electron chi connectivity index (χ4n) is 3.51. The standard InChI is InChI=1S/C24H20BrNP.ClH/c25-20-16-17-21(26-18-20)19-27(22-10-4-1-5-11-22,23-12-6-2-7-13-23)24-14-8-3-9-15-24;/h1-18H,19H2;1H/q+1;. The van der Waals surface area contributed by atoms with Gasteiger partial charge >= 0.3 is 0 Å². The molecule has 4 aromatic rings. The maximum Gasteiger partial charge on any atom is 0.118 e. The Kier molecular flexibility index (Phi) is 7.02. The number of hydrogen-bond donors (Lipinski definition) is 0. The lowest BCUT2D eigenvalue weighted by Crippen LogP contribution is -2.32. The largest absolute Gasteiger partial charge is 0.256 e. The normalized spacial score (nSPS) is 10.9. The Labute approximate surface area is 181 Å². The van der Waals surface area contributed by atoms with Crippen LogP contribution in [0.1, 0.15) is 5.69 Å². The van der Waals surface area contributed by atoms with E-state index >= 15 is 0 Å². The molecule has 0 amide bonds. The maximum absolute atomic E-state index is 4.72. The monoisotopic (exact) mass is 468 g/mol. The molecular formula is C24H21BrClNP+. The van der Waals surface area contributed by atoms with Crippen molar-refractivity contribution in [3.8, 4) is 0 Å². The average Bonchev–Trinajstić information content (AvgIpc) is 2.75. The molecule has 1 nitrogen and oxygen atoms in total. The second kappa shape index (κ2) is 9.47. The van der Waals surface area contributed by atoms with Gasteiger partial charge in [-0.2, -0.15) is 0 Å². The maximum atomic E-state index is 4.72. The highest BCUT2D eigenvalue weighted by Gasteiger charge is 2.45. The summed E-state index contributed by atoms with van der Waals surface area (Å²) in [6, 6.07) is 37.0. The van der Waals surface area contributed by atoms with Gasteiger partial charge in [0.25, 0.3) is 0 Å². The fraction of sp³-hybridized carbons (Fsp3) is 0.0417. The molecule has 0 saturated carbocycles. The molecule has 1 aromatic heterocycles. The molecule has 4 rings (SSSR count). The number of aromatic nitrogens is 1. The Morgan fingerprint density at radius 2 is 1.04 bits per heavy atom. The second-order valence-corrected chi connectivity index (χ2v) is 10.8. The van der Waals surface area contributed by atoms with Gasteiger partial charge in [-0.05, 0) is 64.5 Å². The van der Waals surface area contributed by atoms with E-state index in [1.807, 2.05) is 6.20 Å². The van der Waals surface area contributed by atoms with E-state index in [0.717, 1.165) is 16.3 Å². The Balaban J connectivity index is 0.00000225. The van der Waals surface area contributed by atoms with Gasteiger partial charge in [-0.25, -0.2) is 0 Å². The third kappa shape index (κ3) is 4.20. The number of pyridine rings is 1. The first-order chi connectivity index (χ1) is 13.3. The molecule has 0 saturated heterocycles. The molecule has 0 fully saturated rings. The molecule has 0 aliphatic carbocycles. The van der Waals surface area contributed by atoms with Crippen LogP contribution in [0.5, 0.6) is 0 Å². The Morgan fingerprint density at radius 1 is 0.607 bits per heavy atom. The molecule has 140 valence electrons. The van der Waals surface area contributed by atoms with E-state index in [2.05, 4.69) is 119 Å². The first-order valence-electron chi connectivity index (χ1n) is 8.94. The molecule has 0 unspecified atom stereocenters. The van der Waals surface area contributed by atoms with E-state index in [1.54, 1.807) is 0 Å². The lowest BCUT2D eigenvalue weighted by Gasteiger charge is -2.27. The van der Waals surface area contributed by atoms with Gasteiger partial charge in [0, 0.05) is 10.7 Å². The van der Waals surface area contributed by atoms with Crippen molar-refractivity contribution < 1.29 is 0 Å². The summed E-state index contributed by atoms with van der Waals surface area (Å²) in [5, 5.41) is 4.14. The summed E-state index contributed by atoms with van der Waals surface area (Å²) in [7, 11) is -1.87. The highest BCUT2D eigenvalue weighted by molar-refractivity contribution is 9.10. The lowest BCUT2D eigenvalue weighted by atomic mass is 10.3. The quantitative estimate of drug-likeness (QED) is 0.339. The SMILES string of the molecule is Brc1ccc(C[P+](c2ccccc2)(c2ccccc2)c2ccccc2)nc1.Cl. The van der Waals surface area contributed by atoms with Crippen LogP contribution < -0.4 is 15.9 Å². The van der Waals surface area contributed by atoms with Gasteiger partial charge in [0.2, 0.25) is 0 Å². The number of hydrogen-bond acceptors (Lipinski definition) is 1. The van der Waals surface area contributed by atoms with Crippen LogP contribution in [0, 0.1) is 0 Å². The molecule has 3 aromatic carbocycles. The van der Waals surface area contributed by atoms with Crippen molar-refractivity contribution >= 4 is 51.5 Å². The van der Waals surface area contributed by atoms with Crippen LogP contribution in [0.3, 0.4) is 0 Å². The smallest absolute Gasteiger partial charge is 0.118 e. The first-order valence-corrected chi connectivity index (χ1v) is 11.7. The minimum atomic E-state index is -1.87. The average molecular weight is 470 g/mol. The van der Waals surface area contributed by atoms with Crippen LogP contribution >= 0.6 is 35.6 Å². The van der Waals surface area contributed by atoms with Gasteiger partial charge in [0.15, 0.2) is 0 Å². The lowest BCUT2D eigenvalue weighted by molar-refractivity contribution is 1.16. The summed E-state index contributed by atoms with van der Waals surface area (Å²) < 4.78 is 1.01. The van der Waals surface area contributed by atoms with E-state index in [4.69, 9.17) is 4.98 Å². The molecule has 0 aliphatic heterocycles. The first kappa shape index (κ1) is 20.7. The van der Waals surface area contributed by atoms with E-state index < -0.39 is 7.26 Å². The summed E-state index contributed by atoms with van der Waals surface area (Å²) in [6.45, 7) is 0. The third-order valence-electron chi connectivity index (χ3n) is 4.78. The minimum absolute atomic E-state index is 0. The van der Waals surface area contributed by atoms with Crippen LogP contribution in [0.2, 0.25) is 0 Å². The van der Waals surface area contributed by atoms with Gasteiger partial charge in [0.1, 0.15) is 29.3 Å². The zero-order chi connectivity index (χ0) is 18.5. The summed E-state index contributed by atoms with van der Waals surface area (Å²) in [6.07, 6.45) is 2.79. The van der Waals surface area contributed by atoms with Crippen LogP contribution in [-0.4, -0.2) is 4.98 Å². The second-order valence-electron chi connectivity index (χ2n) is 6.44. The molecule has 4 heteroatoms. The van der Waals surface area contributed by atoms with Gasteiger partial charge in [0.05, 0.1) is 5.69 Å². The molecule has 0 atom stereocenters. The molecule has 0 N–H and O–H groups in total. The molecular weight excluding hydrogens is 449 g/mol. The predicted molar refractivity (Wildman–Crippen MR) is 128 cm³/mol. The number of halogens is 2. The van der Waals surface area contributed by atoms with Gasteiger partial charge in [-0.3, -0.25) is 4.98 Å². The van der Waals surface area contributed by atoms with Gasteiger partial charge in [-0.1, -0.05) is 54.6 Å². The molecule has 0 bridgehead atoms. The summed E-state index contributed by atoms with van der Waals surface area (Å²) >= 11 is 3.51.